The van der Waals surface area contributed by atoms with Crippen LogP contribution in [0.4, 0.5) is 17.1 Å². The third kappa shape index (κ3) is 5.39. The van der Waals surface area contributed by atoms with E-state index in [1.165, 1.54) is 116 Å². The van der Waals surface area contributed by atoms with E-state index in [0.717, 1.165) is 17.1 Å². The smallest absolute Gasteiger partial charge is 0.0755 e. The van der Waals surface area contributed by atoms with Crippen LogP contribution in [0, 0.1) is 0 Å². The Labute approximate surface area is 430 Å². The van der Waals surface area contributed by atoms with Crippen LogP contribution in [0.3, 0.4) is 0 Å². The summed E-state index contributed by atoms with van der Waals surface area (Å²) in [6.07, 6.45) is 0. The Morgan fingerprint density at radius 1 is 0.297 bits per heavy atom. The lowest BCUT2D eigenvalue weighted by Crippen LogP contribution is -2.33. The highest BCUT2D eigenvalue weighted by atomic mass is 15.1. The summed E-state index contributed by atoms with van der Waals surface area (Å²) in [7, 11) is 0. The van der Waals surface area contributed by atoms with Crippen molar-refractivity contribution in [3.05, 3.63) is 324 Å². The molecule has 344 valence electrons. The summed E-state index contributed by atoms with van der Waals surface area (Å²) in [5.41, 5.74) is 23.6. The van der Waals surface area contributed by atoms with Gasteiger partial charge in [0.2, 0.25) is 0 Å². The quantitative estimate of drug-likeness (QED) is 0.161. The summed E-state index contributed by atoms with van der Waals surface area (Å²) in [6, 6.07) is 105. The zero-order chi connectivity index (χ0) is 48.5. The number of anilines is 3. The predicted octanol–water partition coefficient (Wildman–Crippen LogP) is 18.1. The highest BCUT2D eigenvalue weighted by Crippen LogP contribution is 2.63. The van der Waals surface area contributed by atoms with E-state index in [1.807, 2.05) is 0 Å². The number of fused-ring (bicyclic) bond motifs is 17. The molecule has 74 heavy (non-hydrogen) atoms. The molecule has 13 aromatic rings. The summed E-state index contributed by atoms with van der Waals surface area (Å²) in [5, 5.41) is 5.06. The minimum Gasteiger partial charge on any atom is -0.310 e. The molecular formula is C72H46N2. The lowest BCUT2D eigenvalue weighted by molar-refractivity contribution is 0.748. The van der Waals surface area contributed by atoms with Gasteiger partial charge >= 0.3 is 0 Å². The first-order chi connectivity index (χ1) is 36.7. The van der Waals surface area contributed by atoms with Crippen molar-refractivity contribution in [1.82, 2.24) is 4.57 Å². The molecule has 0 N–H and O–H groups in total. The molecule has 1 spiro atoms. The van der Waals surface area contributed by atoms with Crippen molar-refractivity contribution in [3.8, 4) is 39.1 Å². The molecule has 0 fully saturated rings. The van der Waals surface area contributed by atoms with Crippen LogP contribution in [-0.4, -0.2) is 4.57 Å². The number of aromatic nitrogens is 1. The lowest BCUT2D eigenvalue weighted by atomic mass is 9.65. The molecule has 0 radical (unpaired) electrons. The summed E-state index contributed by atoms with van der Waals surface area (Å²) in [6.45, 7) is 0. The fraction of sp³-hybridized carbons (Fsp3) is 0.0278. The van der Waals surface area contributed by atoms with Gasteiger partial charge in [-0.2, -0.15) is 0 Å². The van der Waals surface area contributed by atoms with E-state index < -0.39 is 10.8 Å². The van der Waals surface area contributed by atoms with E-state index >= 15 is 0 Å². The van der Waals surface area contributed by atoms with Crippen LogP contribution in [0.2, 0.25) is 0 Å². The first kappa shape index (κ1) is 41.2. The highest BCUT2D eigenvalue weighted by molar-refractivity contribution is 6.13. The molecule has 1 unspecified atom stereocenters. The van der Waals surface area contributed by atoms with Gasteiger partial charge in [-0.3, -0.25) is 0 Å². The van der Waals surface area contributed by atoms with Crippen molar-refractivity contribution < 1.29 is 0 Å². The van der Waals surface area contributed by atoms with Gasteiger partial charge in [-0.25, -0.2) is 0 Å². The van der Waals surface area contributed by atoms with E-state index in [4.69, 9.17) is 0 Å². The zero-order valence-corrected chi connectivity index (χ0v) is 40.5. The van der Waals surface area contributed by atoms with E-state index in [1.54, 1.807) is 0 Å². The number of benzene rings is 12. The Kier molecular flexibility index (Phi) is 8.62. The van der Waals surface area contributed by atoms with Gasteiger partial charge in [-0.05, 0) is 137 Å². The monoisotopic (exact) mass is 938 g/mol. The van der Waals surface area contributed by atoms with Gasteiger partial charge in [0, 0.05) is 27.8 Å². The van der Waals surface area contributed by atoms with Gasteiger partial charge in [0.15, 0.2) is 0 Å². The average Bonchev–Trinajstić information content (AvgIpc) is 4.12. The van der Waals surface area contributed by atoms with E-state index in [2.05, 4.69) is 289 Å². The minimum atomic E-state index is -0.596. The first-order valence-electron chi connectivity index (χ1n) is 25.8. The normalized spacial score (nSPS) is 15.2. The zero-order valence-electron chi connectivity index (χ0n) is 40.5. The highest BCUT2D eigenvalue weighted by Gasteiger charge is 2.51. The van der Waals surface area contributed by atoms with Gasteiger partial charge in [-0.1, -0.05) is 231 Å². The molecule has 2 nitrogen and oxygen atoms in total. The largest absolute Gasteiger partial charge is 0.310 e. The van der Waals surface area contributed by atoms with Crippen LogP contribution < -0.4 is 4.90 Å². The summed E-state index contributed by atoms with van der Waals surface area (Å²) in [4.78, 5) is 2.51. The Morgan fingerprint density at radius 3 is 1.59 bits per heavy atom. The maximum absolute atomic E-state index is 2.53. The molecule has 12 aromatic carbocycles. The Bertz CT molecular complexity index is 4380. The minimum absolute atomic E-state index is 0.595. The maximum Gasteiger partial charge on any atom is 0.0755 e. The average molecular weight is 939 g/mol. The topological polar surface area (TPSA) is 8.17 Å². The molecule has 1 aliphatic heterocycles. The third-order valence-electron chi connectivity index (χ3n) is 16.8. The van der Waals surface area contributed by atoms with Gasteiger partial charge in [0.25, 0.3) is 0 Å². The second-order valence-corrected chi connectivity index (χ2v) is 20.3. The van der Waals surface area contributed by atoms with Crippen molar-refractivity contribution in [2.45, 2.75) is 10.8 Å². The SMILES string of the molecule is c1ccc(-c2ccc(N(c3ccc4c(c3)C(c3ccccc3)(c3ccccc3)c3ccc5ccccc5c3-4)c3ccc4c(c3)C3(c5ccccc5-4)c4ccccc4-n4c5ccccc5c5cccc3c54)cc2)cc1. The Balaban J connectivity index is 0.988. The van der Waals surface area contributed by atoms with Crippen LogP contribution >= 0.6 is 0 Å². The van der Waals surface area contributed by atoms with Crippen LogP contribution in [0.1, 0.15) is 44.5 Å². The molecule has 0 saturated carbocycles. The van der Waals surface area contributed by atoms with Crippen LogP contribution in [-0.2, 0) is 10.8 Å². The molecule has 1 atom stereocenters. The van der Waals surface area contributed by atoms with Gasteiger partial charge in [-0.15, -0.1) is 0 Å². The third-order valence-corrected chi connectivity index (χ3v) is 16.8. The van der Waals surface area contributed by atoms with Gasteiger partial charge in [0.1, 0.15) is 0 Å². The number of nitrogens with zero attached hydrogens (tertiary/aromatic N) is 2. The summed E-state index contributed by atoms with van der Waals surface area (Å²) < 4.78 is 2.53. The van der Waals surface area contributed by atoms with Crippen LogP contribution in [0.5, 0.6) is 0 Å². The molecule has 2 aliphatic carbocycles. The number of rotatable bonds is 6. The van der Waals surface area contributed by atoms with Crippen molar-refractivity contribution >= 4 is 49.6 Å². The fourth-order valence-electron chi connectivity index (χ4n) is 14.0. The van der Waals surface area contributed by atoms with Gasteiger partial charge in [0.05, 0.1) is 27.6 Å². The van der Waals surface area contributed by atoms with Crippen molar-refractivity contribution in [2.24, 2.45) is 0 Å². The van der Waals surface area contributed by atoms with E-state index in [-0.39, 0.29) is 0 Å². The number of para-hydroxylation sites is 3. The predicted molar refractivity (Wildman–Crippen MR) is 307 cm³/mol. The summed E-state index contributed by atoms with van der Waals surface area (Å²) in [5.74, 6) is 0. The van der Waals surface area contributed by atoms with E-state index in [0.29, 0.717) is 0 Å². The standard InChI is InChI=1S/C72H46N2/c1-4-19-47(20-5-1)48-35-38-52(39-36-48)73(54-41-43-60-66(46-54)71(50-22-6-2-7-23-50,51-24-8-3-9-25-51)63-44-37-49-21-10-11-26-55(49)69(60)63)53-40-42-57-56-27-12-14-30-61(56)72(65(57)45-53)62-31-15-17-34-68(62)74-67-33-16-13-28-58(67)59-29-18-32-64(72)70(59)74/h1-46H. The Hall–Kier alpha value is -9.50. The second-order valence-electron chi connectivity index (χ2n) is 20.3. The Morgan fingerprint density at radius 2 is 0.838 bits per heavy atom. The van der Waals surface area contributed by atoms with Crippen molar-refractivity contribution in [3.63, 3.8) is 0 Å². The molecule has 16 rings (SSSR count). The number of hydrogen-bond donors (Lipinski definition) is 0. The first-order valence-corrected chi connectivity index (χ1v) is 25.8. The van der Waals surface area contributed by atoms with Gasteiger partial charge < -0.3 is 9.47 Å². The maximum atomic E-state index is 2.53. The molecule has 1 aromatic heterocycles. The molecular weight excluding hydrogens is 893 g/mol. The fourth-order valence-corrected chi connectivity index (χ4v) is 14.0. The second kappa shape index (κ2) is 15.5. The number of hydrogen-bond acceptors (Lipinski definition) is 1. The molecule has 0 bridgehead atoms. The van der Waals surface area contributed by atoms with E-state index in [9.17, 15) is 0 Å². The molecule has 0 saturated heterocycles. The van der Waals surface area contributed by atoms with Crippen LogP contribution in [0.15, 0.2) is 279 Å². The summed E-state index contributed by atoms with van der Waals surface area (Å²) >= 11 is 0. The molecule has 0 amide bonds. The molecule has 3 aliphatic rings. The lowest BCUT2D eigenvalue weighted by Gasteiger charge is -2.40. The van der Waals surface area contributed by atoms with Crippen molar-refractivity contribution in [2.75, 3.05) is 4.90 Å². The van der Waals surface area contributed by atoms with Crippen molar-refractivity contribution in [1.29, 1.82) is 0 Å². The molecule has 2 heterocycles. The molecule has 2 heteroatoms. The van der Waals surface area contributed by atoms with Crippen LogP contribution in [0.25, 0.3) is 71.6 Å².